The molecule has 0 aromatic rings. The molecule has 1 aliphatic carbocycles. The van der Waals surface area contributed by atoms with E-state index >= 15 is 0 Å². The van der Waals surface area contributed by atoms with E-state index in [1.165, 1.54) is 6.26 Å². The van der Waals surface area contributed by atoms with E-state index in [-0.39, 0.29) is 6.61 Å². The second kappa shape index (κ2) is 4.58. The lowest BCUT2D eigenvalue weighted by atomic mass is 9.85. The molecule has 3 N–H and O–H groups in total. The van der Waals surface area contributed by atoms with Crippen LogP contribution in [0.25, 0.3) is 0 Å². The predicted octanol–water partition coefficient (Wildman–Crippen LogP) is -0.200. The van der Waals surface area contributed by atoms with Gasteiger partial charge in [0.1, 0.15) is 16.4 Å². The van der Waals surface area contributed by atoms with Crippen LogP contribution in [0.1, 0.15) is 25.7 Å². The first-order valence-electron chi connectivity index (χ1n) is 5.06. The molecule has 6 nitrogen and oxygen atoms in total. The van der Waals surface area contributed by atoms with Crippen molar-refractivity contribution in [3.63, 3.8) is 0 Å². The van der Waals surface area contributed by atoms with E-state index in [2.05, 4.69) is 4.74 Å². The first kappa shape index (κ1) is 13.2. The number of carbonyl (C=O) groups is 1. The molecule has 1 aliphatic rings. The molecule has 7 heteroatoms. The summed E-state index contributed by atoms with van der Waals surface area (Å²) in [6, 6.07) is 0. The molecule has 1 fully saturated rings. The Morgan fingerprint density at radius 1 is 1.50 bits per heavy atom. The summed E-state index contributed by atoms with van der Waals surface area (Å²) in [5.41, 5.74) is 3.67. The van der Waals surface area contributed by atoms with Crippen LogP contribution >= 0.6 is 0 Å². The van der Waals surface area contributed by atoms with Gasteiger partial charge >= 0.3 is 6.09 Å². The molecule has 1 amide bonds. The van der Waals surface area contributed by atoms with Gasteiger partial charge in [-0.1, -0.05) is 0 Å². The van der Waals surface area contributed by atoms with Gasteiger partial charge in [0.15, 0.2) is 0 Å². The van der Waals surface area contributed by atoms with Crippen molar-refractivity contribution in [1.82, 2.24) is 0 Å². The number of sulfone groups is 1. The van der Waals surface area contributed by atoms with Crippen LogP contribution in [0.4, 0.5) is 4.79 Å². The second-order valence-electron chi connectivity index (χ2n) is 4.36. The average Bonchev–Trinajstić information content (AvgIpc) is 2.14. The SMILES string of the molecule is CS(=O)(=O)[C@H]1CC[C@@](O)(COC(N)=O)CC1. The molecule has 0 atom stereocenters. The van der Waals surface area contributed by atoms with E-state index in [1.807, 2.05) is 0 Å². The van der Waals surface area contributed by atoms with Gasteiger partial charge in [0.2, 0.25) is 0 Å². The summed E-state index contributed by atoms with van der Waals surface area (Å²) in [4.78, 5) is 10.4. The van der Waals surface area contributed by atoms with Gasteiger partial charge in [0.25, 0.3) is 0 Å². The molecule has 0 aromatic carbocycles. The summed E-state index contributed by atoms with van der Waals surface area (Å²) >= 11 is 0. The highest BCUT2D eigenvalue weighted by Gasteiger charge is 2.37. The second-order valence-corrected chi connectivity index (χ2v) is 6.69. The number of nitrogens with two attached hydrogens (primary N) is 1. The van der Waals surface area contributed by atoms with E-state index in [0.29, 0.717) is 25.7 Å². The van der Waals surface area contributed by atoms with Crippen LogP contribution in [0, 0.1) is 0 Å². The number of ether oxygens (including phenoxy) is 1. The number of rotatable bonds is 3. The number of carbonyl (C=O) groups excluding carboxylic acids is 1. The molecule has 0 aromatic heterocycles. The van der Waals surface area contributed by atoms with E-state index in [1.54, 1.807) is 0 Å². The van der Waals surface area contributed by atoms with Crippen LogP contribution < -0.4 is 5.73 Å². The molecular formula is C9H17NO5S. The van der Waals surface area contributed by atoms with Crippen molar-refractivity contribution in [2.75, 3.05) is 12.9 Å². The van der Waals surface area contributed by atoms with Crippen LogP contribution in [0.5, 0.6) is 0 Å². The van der Waals surface area contributed by atoms with Crippen molar-refractivity contribution in [3.05, 3.63) is 0 Å². The lowest BCUT2D eigenvalue weighted by molar-refractivity contribution is -0.0448. The van der Waals surface area contributed by atoms with Gasteiger partial charge < -0.3 is 15.6 Å². The Hall–Kier alpha value is -0.820. The zero-order valence-corrected chi connectivity index (χ0v) is 10.00. The smallest absolute Gasteiger partial charge is 0.404 e. The van der Waals surface area contributed by atoms with Crippen LogP contribution in [-0.2, 0) is 14.6 Å². The molecule has 0 bridgehead atoms. The normalized spacial score (nSPS) is 31.0. The third-order valence-corrected chi connectivity index (χ3v) is 4.63. The van der Waals surface area contributed by atoms with Gasteiger partial charge in [-0.05, 0) is 25.7 Å². The Morgan fingerprint density at radius 2 is 2.00 bits per heavy atom. The van der Waals surface area contributed by atoms with Crippen molar-refractivity contribution < 1.29 is 23.1 Å². The van der Waals surface area contributed by atoms with Crippen LogP contribution in [0.3, 0.4) is 0 Å². The first-order valence-corrected chi connectivity index (χ1v) is 7.02. The van der Waals surface area contributed by atoms with Crippen molar-refractivity contribution in [2.45, 2.75) is 36.5 Å². The number of hydrogen-bond acceptors (Lipinski definition) is 5. The van der Waals surface area contributed by atoms with E-state index in [4.69, 9.17) is 5.73 Å². The minimum absolute atomic E-state index is 0.168. The van der Waals surface area contributed by atoms with E-state index < -0.39 is 26.8 Å². The van der Waals surface area contributed by atoms with Gasteiger partial charge in [-0.2, -0.15) is 0 Å². The average molecular weight is 251 g/mol. The Bertz CT molecular complexity index is 356. The fraction of sp³-hybridized carbons (Fsp3) is 0.889. The molecule has 16 heavy (non-hydrogen) atoms. The maximum absolute atomic E-state index is 11.3. The van der Waals surface area contributed by atoms with Crippen LogP contribution in [-0.4, -0.2) is 43.3 Å². The summed E-state index contributed by atoms with van der Waals surface area (Å²) < 4.78 is 27.1. The van der Waals surface area contributed by atoms with Crippen molar-refractivity contribution in [2.24, 2.45) is 5.73 Å². The molecule has 0 heterocycles. The van der Waals surface area contributed by atoms with Gasteiger partial charge in [-0.3, -0.25) is 0 Å². The van der Waals surface area contributed by atoms with Gasteiger partial charge in [0.05, 0.1) is 10.9 Å². The van der Waals surface area contributed by atoms with E-state index in [9.17, 15) is 18.3 Å². The highest BCUT2D eigenvalue weighted by molar-refractivity contribution is 7.91. The van der Waals surface area contributed by atoms with Gasteiger partial charge in [-0.15, -0.1) is 0 Å². The highest BCUT2D eigenvalue weighted by Crippen LogP contribution is 2.31. The van der Waals surface area contributed by atoms with Crippen molar-refractivity contribution in [1.29, 1.82) is 0 Å². The summed E-state index contributed by atoms with van der Waals surface area (Å²) in [7, 11) is -3.05. The molecule has 94 valence electrons. The maximum Gasteiger partial charge on any atom is 0.404 e. The molecule has 0 aliphatic heterocycles. The standard InChI is InChI=1S/C9H17NO5S/c1-16(13,14)7-2-4-9(12,5-3-7)6-15-8(10)11/h7,12H,2-6H2,1H3,(H2,10,11)/t7-,9-. The zero-order valence-electron chi connectivity index (χ0n) is 9.18. The lowest BCUT2D eigenvalue weighted by Crippen LogP contribution is -2.42. The molecule has 0 unspecified atom stereocenters. The Kier molecular flexibility index (Phi) is 3.80. The monoisotopic (exact) mass is 251 g/mol. The third-order valence-electron chi connectivity index (χ3n) is 2.95. The van der Waals surface area contributed by atoms with Crippen molar-refractivity contribution in [3.8, 4) is 0 Å². The van der Waals surface area contributed by atoms with Gasteiger partial charge in [-0.25, -0.2) is 13.2 Å². The fourth-order valence-corrected chi connectivity index (χ4v) is 3.00. The maximum atomic E-state index is 11.3. The summed E-state index contributed by atoms with van der Waals surface area (Å²) in [5, 5.41) is 9.57. The Balaban J connectivity index is 2.50. The molecule has 0 radical (unpaired) electrons. The largest absolute Gasteiger partial charge is 0.447 e. The fourth-order valence-electron chi connectivity index (χ4n) is 1.91. The summed E-state index contributed by atoms with van der Waals surface area (Å²) in [6.07, 6.45) is 1.64. The topological polar surface area (TPSA) is 107 Å². The quantitative estimate of drug-likeness (QED) is 0.722. The third kappa shape index (κ3) is 3.64. The Morgan fingerprint density at radius 3 is 2.38 bits per heavy atom. The number of amides is 1. The number of primary amides is 1. The molecular weight excluding hydrogens is 234 g/mol. The van der Waals surface area contributed by atoms with Gasteiger partial charge in [0, 0.05) is 6.26 Å². The predicted molar refractivity (Wildman–Crippen MR) is 57.6 cm³/mol. The highest BCUT2D eigenvalue weighted by atomic mass is 32.2. The number of hydrogen-bond donors (Lipinski definition) is 2. The molecule has 0 saturated heterocycles. The molecule has 1 rings (SSSR count). The summed E-state index contributed by atoms with van der Waals surface area (Å²) in [5.74, 6) is 0. The number of aliphatic hydroxyl groups is 1. The van der Waals surface area contributed by atoms with Crippen LogP contribution in [0.2, 0.25) is 0 Å². The van der Waals surface area contributed by atoms with Crippen LogP contribution in [0.15, 0.2) is 0 Å². The minimum atomic E-state index is -3.05. The van der Waals surface area contributed by atoms with Crippen molar-refractivity contribution >= 4 is 15.9 Å². The molecule has 0 spiro atoms. The first-order chi connectivity index (χ1) is 7.23. The van der Waals surface area contributed by atoms with E-state index in [0.717, 1.165) is 0 Å². The zero-order chi connectivity index (χ0) is 12.4. The Labute approximate surface area is 94.7 Å². The molecule has 1 saturated carbocycles. The lowest BCUT2D eigenvalue weighted by Gasteiger charge is -2.34. The summed E-state index contributed by atoms with van der Waals surface area (Å²) in [6.45, 7) is -0.168. The minimum Gasteiger partial charge on any atom is -0.447 e.